The summed E-state index contributed by atoms with van der Waals surface area (Å²) in [6.45, 7) is 4.74. The summed E-state index contributed by atoms with van der Waals surface area (Å²) in [5.74, 6) is 0. The molecule has 1 fully saturated rings. The van der Waals surface area contributed by atoms with Crippen molar-refractivity contribution in [2.75, 3.05) is 4.90 Å². The molecule has 9 aromatic carbocycles. The summed E-state index contributed by atoms with van der Waals surface area (Å²) in [7, 11) is 0. The van der Waals surface area contributed by atoms with Crippen LogP contribution < -0.4 is 4.90 Å². The number of hydrogen-bond donors (Lipinski definition) is 0. The van der Waals surface area contributed by atoms with Gasteiger partial charge >= 0.3 is 0 Å². The molecule has 62 heavy (non-hydrogen) atoms. The van der Waals surface area contributed by atoms with E-state index in [1.807, 2.05) is 0 Å². The zero-order chi connectivity index (χ0) is 41.2. The summed E-state index contributed by atoms with van der Waals surface area (Å²) < 4.78 is 0. The molecular formula is C61H47N. The summed E-state index contributed by atoms with van der Waals surface area (Å²) in [6, 6.07) is 75.9. The van der Waals surface area contributed by atoms with Gasteiger partial charge in [-0.25, -0.2) is 0 Å². The standard InChI is InChI=1S/C61H47N/c1-59(2)52-21-9-5-17-46(52)50-33-31-44(39-56(50)59)62(58-25-13-15-41-14-3-4-16-45(41)58)43-29-26-40(27-30-43)42-28-32-51-49-20-8-12-24-55(49)61(57(51)38-42)36-34-60(35-37-61)53-22-10-6-18-47(53)48-19-7-11-23-54(48)60/h3-33,38-39H,34-37H2,1-2H3. The van der Waals surface area contributed by atoms with Gasteiger partial charge in [0, 0.05) is 33.0 Å². The van der Waals surface area contributed by atoms with E-state index in [9.17, 15) is 0 Å². The molecule has 0 aromatic heterocycles. The fraction of sp³-hybridized carbons (Fsp3) is 0.148. The molecule has 2 spiro atoms. The van der Waals surface area contributed by atoms with E-state index in [2.05, 4.69) is 219 Å². The van der Waals surface area contributed by atoms with E-state index in [4.69, 9.17) is 0 Å². The van der Waals surface area contributed by atoms with Crippen LogP contribution >= 0.6 is 0 Å². The maximum atomic E-state index is 2.56. The lowest BCUT2D eigenvalue weighted by Crippen LogP contribution is -2.39. The van der Waals surface area contributed by atoms with Crippen LogP contribution in [0.4, 0.5) is 17.1 Å². The van der Waals surface area contributed by atoms with Gasteiger partial charge in [-0.2, -0.15) is 0 Å². The predicted molar refractivity (Wildman–Crippen MR) is 259 cm³/mol. The van der Waals surface area contributed by atoms with E-state index >= 15 is 0 Å². The molecule has 0 atom stereocenters. The first-order valence-electron chi connectivity index (χ1n) is 22.5. The minimum atomic E-state index is -0.0915. The fourth-order valence-electron chi connectivity index (χ4n) is 12.7. The van der Waals surface area contributed by atoms with Crippen LogP contribution in [0.15, 0.2) is 200 Å². The number of hydrogen-bond acceptors (Lipinski definition) is 1. The Hall–Kier alpha value is -6.96. The second-order valence-corrected chi connectivity index (χ2v) is 18.8. The molecule has 1 heteroatoms. The first kappa shape index (κ1) is 35.8. The van der Waals surface area contributed by atoms with Crippen LogP contribution in [0.2, 0.25) is 0 Å². The van der Waals surface area contributed by atoms with Crippen LogP contribution in [-0.2, 0) is 16.2 Å². The van der Waals surface area contributed by atoms with E-state index in [1.165, 1.54) is 100 Å². The van der Waals surface area contributed by atoms with Gasteiger partial charge in [0.05, 0.1) is 5.69 Å². The Bertz CT molecular complexity index is 3230. The molecule has 13 rings (SSSR count). The highest BCUT2D eigenvalue weighted by molar-refractivity contribution is 5.99. The van der Waals surface area contributed by atoms with Crippen molar-refractivity contribution in [1.82, 2.24) is 0 Å². The van der Waals surface area contributed by atoms with Crippen LogP contribution in [0.5, 0.6) is 0 Å². The van der Waals surface area contributed by atoms with Crippen molar-refractivity contribution < 1.29 is 0 Å². The predicted octanol–water partition coefficient (Wildman–Crippen LogP) is 16.1. The average Bonchev–Trinajstić information content (AvgIpc) is 3.85. The molecule has 0 unspecified atom stereocenters. The Balaban J connectivity index is 0.896. The highest BCUT2D eigenvalue weighted by Gasteiger charge is 2.53. The lowest BCUT2D eigenvalue weighted by molar-refractivity contribution is 0.265. The molecule has 0 N–H and O–H groups in total. The summed E-state index contributed by atoms with van der Waals surface area (Å²) in [5.41, 5.74) is 23.2. The molecule has 0 aliphatic heterocycles. The molecule has 1 saturated carbocycles. The maximum Gasteiger partial charge on any atom is 0.0540 e. The third-order valence-electron chi connectivity index (χ3n) is 15.7. The van der Waals surface area contributed by atoms with Gasteiger partial charge in [-0.05, 0) is 145 Å². The maximum absolute atomic E-state index is 2.56. The van der Waals surface area contributed by atoms with E-state index < -0.39 is 0 Å². The van der Waals surface area contributed by atoms with Gasteiger partial charge in [-0.3, -0.25) is 0 Å². The molecule has 0 heterocycles. The number of fused-ring (bicyclic) bond motifs is 14. The summed E-state index contributed by atoms with van der Waals surface area (Å²) >= 11 is 0. The van der Waals surface area contributed by atoms with Crippen molar-refractivity contribution in [2.45, 2.75) is 55.8 Å². The zero-order valence-electron chi connectivity index (χ0n) is 35.3. The third-order valence-corrected chi connectivity index (χ3v) is 15.7. The van der Waals surface area contributed by atoms with Gasteiger partial charge in [0.2, 0.25) is 0 Å². The van der Waals surface area contributed by atoms with Crippen molar-refractivity contribution in [2.24, 2.45) is 0 Å². The molecular weight excluding hydrogens is 747 g/mol. The number of anilines is 3. The summed E-state index contributed by atoms with van der Waals surface area (Å²) in [6.07, 6.45) is 4.54. The van der Waals surface area contributed by atoms with Crippen molar-refractivity contribution in [3.63, 3.8) is 0 Å². The molecule has 4 aliphatic rings. The Morgan fingerprint density at radius 3 is 1.44 bits per heavy atom. The summed E-state index contributed by atoms with van der Waals surface area (Å²) in [4.78, 5) is 2.47. The van der Waals surface area contributed by atoms with Crippen LogP contribution in [0.3, 0.4) is 0 Å². The summed E-state index contributed by atoms with van der Waals surface area (Å²) in [5, 5.41) is 2.48. The quantitative estimate of drug-likeness (QED) is 0.172. The Labute approximate surface area is 365 Å². The van der Waals surface area contributed by atoms with E-state index in [0.29, 0.717) is 0 Å². The molecule has 0 bridgehead atoms. The largest absolute Gasteiger partial charge is 0.310 e. The number of nitrogens with zero attached hydrogens (tertiary/aromatic N) is 1. The van der Waals surface area contributed by atoms with E-state index in [1.54, 1.807) is 0 Å². The van der Waals surface area contributed by atoms with Crippen LogP contribution in [0, 0.1) is 0 Å². The Morgan fingerprint density at radius 2 is 0.790 bits per heavy atom. The fourth-order valence-corrected chi connectivity index (χ4v) is 12.7. The van der Waals surface area contributed by atoms with Gasteiger partial charge in [-0.1, -0.05) is 178 Å². The van der Waals surface area contributed by atoms with Crippen molar-refractivity contribution in [3.8, 4) is 44.5 Å². The van der Waals surface area contributed by atoms with Crippen molar-refractivity contribution >= 4 is 27.8 Å². The van der Waals surface area contributed by atoms with Crippen LogP contribution in [-0.4, -0.2) is 0 Å². The molecule has 0 amide bonds. The minimum absolute atomic E-state index is 0.00816. The SMILES string of the molecule is CC1(C)c2ccccc2-c2ccc(N(c3ccc(-c4ccc5c(c4)C4(CCC6(CC4)c4ccccc4-c4ccccc46)c4ccccc4-5)cc3)c3cccc4ccccc34)cc21. The van der Waals surface area contributed by atoms with Crippen LogP contribution in [0.1, 0.15) is 72.9 Å². The topological polar surface area (TPSA) is 3.24 Å². The first-order valence-corrected chi connectivity index (χ1v) is 22.5. The average molecular weight is 794 g/mol. The zero-order valence-corrected chi connectivity index (χ0v) is 35.3. The lowest BCUT2D eigenvalue weighted by atomic mass is 9.57. The first-order chi connectivity index (χ1) is 30.4. The minimum Gasteiger partial charge on any atom is -0.310 e. The van der Waals surface area contributed by atoms with Crippen molar-refractivity contribution in [1.29, 1.82) is 0 Å². The third kappa shape index (κ3) is 4.85. The van der Waals surface area contributed by atoms with Gasteiger partial charge in [0.25, 0.3) is 0 Å². The molecule has 296 valence electrons. The monoisotopic (exact) mass is 793 g/mol. The lowest BCUT2D eigenvalue weighted by Gasteiger charge is -2.45. The Morgan fingerprint density at radius 1 is 0.339 bits per heavy atom. The number of rotatable bonds is 4. The molecule has 0 radical (unpaired) electrons. The van der Waals surface area contributed by atoms with Gasteiger partial charge in [-0.15, -0.1) is 0 Å². The van der Waals surface area contributed by atoms with Gasteiger partial charge in [0.1, 0.15) is 0 Å². The molecule has 4 aliphatic carbocycles. The molecule has 1 nitrogen and oxygen atoms in total. The molecule has 0 saturated heterocycles. The highest BCUT2D eigenvalue weighted by atomic mass is 15.1. The number of benzene rings is 9. The van der Waals surface area contributed by atoms with E-state index in [-0.39, 0.29) is 16.2 Å². The van der Waals surface area contributed by atoms with Gasteiger partial charge < -0.3 is 4.90 Å². The second-order valence-electron chi connectivity index (χ2n) is 18.8. The van der Waals surface area contributed by atoms with Gasteiger partial charge in [0.15, 0.2) is 0 Å². The smallest absolute Gasteiger partial charge is 0.0540 e. The van der Waals surface area contributed by atoms with Crippen molar-refractivity contribution in [3.05, 3.63) is 234 Å². The highest BCUT2D eigenvalue weighted by Crippen LogP contribution is 2.64. The van der Waals surface area contributed by atoms with Crippen LogP contribution in [0.25, 0.3) is 55.3 Å². The normalized spacial score (nSPS) is 16.4. The Kier molecular flexibility index (Phi) is 7.51. The second kappa shape index (κ2) is 13.0. The van der Waals surface area contributed by atoms with E-state index in [0.717, 1.165) is 31.4 Å². The molecule has 9 aromatic rings.